The highest BCUT2D eigenvalue weighted by Gasteiger charge is 2.25. The summed E-state index contributed by atoms with van der Waals surface area (Å²) in [6.45, 7) is 3.80. The van der Waals surface area contributed by atoms with E-state index in [9.17, 15) is 9.90 Å². The maximum atomic E-state index is 12.4. The Bertz CT molecular complexity index is 1200. The summed E-state index contributed by atoms with van der Waals surface area (Å²) in [7, 11) is 0. The normalized spacial score (nSPS) is 11.0. The second kappa shape index (κ2) is 7.60. The van der Waals surface area contributed by atoms with Gasteiger partial charge in [-0.15, -0.1) is 0 Å². The number of carbonyl (C=O) groups is 1. The second-order valence-corrected chi connectivity index (χ2v) is 7.06. The van der Waals surface area contributed by atoms with Crippen molar-refractivity contribution in [2.75, 3.05) is 6.61 Å². The molecule has 0 aliphatic heterocycles. The SMILES string of the molecule is CCOC(=O)c1nc(-c2ccccc2)c2[nH]c(-c3ccc(Cl)cc3)c(C)c2c1O. The van der Waals surface area contributed by atoms with Crippen molar-refractivity contribution in [3.63, 3.8) is 0 Å². The van der Waals surface area contributed by atoms with E-state index in [1.807, 2.05) is 61.5 Å². The molecule has 0 saturated heterocycles. The first-order valence-corrected chi connectivity index (χ1v) is 9.62. The minimum absolute atomic E-state index is 0.0945. The average Bonchev–Trinajstić information content (AvgIpc) is 3.07. The molecular weight excluding hydrogens is 388 g/mol. The van der Waals surface area contributed by atoms with Gasteiger partial charge in [-0.05, 0) is 37.1 Å². The first kappa shape index (κ1) is 19.0. The highest BCUT2D eigenvalue weighted by atomic mass is 35.5. The molecular formula is C23H19ClN2O3. The van der Waals surface area contributed by atoms with Crippen molar-refractivity contribution in [3.8, 4) is 28.3 Å². The van der Waals surface area contributed by atoms with Gasteiger partial charge in [0.1, 0.15) is 0 Å². The molecule has 0 atom stereocenters. The molecule has 5 nitrogen and oxygen atoms in total. The van der Waals surface area contributed by atoms with E-state index in [0.717, 1.165) is 22.4 Å². The third-order valence-corrected chi connectivity index (χ3v) is 5.07. The number of nitrogens with zero attached hydrogens (tertiary/aromatic N) is 1. The van der Waals surface area contributed by atoms with Gasteiger partial charge in [0.15, 0.2) is 11.4 Å². The molecule has 0 radical (unpaired) electrons. The highest BCUT2D eigenvalue weighted by molar-refractivity contribution is 6.30. The molecule has 4 aromatic rings. The summed E-state index contributed by atoms with van der Waals surface area (Å²) in [4.78, 5) is 20.3. The van der Waals surface area contributed by atoms with Gasteiger partial charge >= 0.3 is 5.97 Å². The van der Waals surface area contributed by atoms with Crippen molar-refractivity contribution in [2.45, 2.75) is 13.8 Å². The van der Waals surface area contributed by atoms with Crippen LogP contribution >= 0.6 is 11.6 Å². The van der Waals surface area contributed by atoms with Crippen LogP contribution < -0.4 is 0 Å². The molecule has 6 heteroatoms. The zero-order valence-electron chi connectivity index (χ0n) is 16.0. The lowest BCUT2D eigenvalue weighted by Crippen LogP contribution is -2.08. The van der Waals surface area contributed by atoms with Gasteiger partial charge in [-0.25, -0.2) is 9.78 Å². The number of aromatic amines is 1. The minimum atomic E-state index is -0.655. The van der Waals surface area contributed by atoms with Crippen molar-refractivity contribution in [1.29, 1.82) is 0 Å². The quantitative estimate of drug-likeness (QED) is 0.423. The molecule has 0 aliphatic carbocycles. The van der Waals surface area contributed by atoms with Crippen molar-refractivity contribution in [3.05, 3.63) is 70.9 Å². The fourth-order valence-corrected chi connectivity index (χ4v) is 3.58. The Morgan fingerprint density at radius 2 is 1.79 bits per heavy atom. The lowest BCUT2D eigenvalue weighted by Gasteiger charge is -2.09. The van der Waals surface area contributed by atoms with E-state index in [0.29, 0.717) is 21.6 Å². The molecule has 0 fully saturated rings. The van der Waals surface area contributed by atoms with Gasteiger partial charge in [-0.2, -0.15) is 0 Å². The number of aromatic nitrogens is 2. The number of esters is 1. The standard InChI is InChI=1S/C23H19ClN2O3/c1-3-29-23(28)21-22(27)17-13(2)18(15-9-11-16(24)12-10-15)25-20(17)19(26-21)14-7-5-4-6-8-14/h4-12,25,27H,3H2,1-2H3. The van der Waals surface area contributed by atoms with E-state index in [-0.39, 0.29) is 18.1 Å². The minimum Gasteiger partial charge on any atom is -0.505 e. The van der Waals surface area contributed by atoms with Gasteiger partial charge in [0.05, 0.1) is 17.8 Å². The van der Waals surface area contributed by atoms with E-state index in [2.05, 4.69) is 9.97 Å². The Hall–Kier alpha value is -3.31. The molecule has 0 saturated carbocycles. The van der Waals surface area contributed by atoms with E-state index in [1.54, 1.807) is 6.92 Å². The number of nitrogens with one attached hydrogen (secondary N) is 1. The smallest absolute Gasteiger partial charge is 0.360 e. The zero-order chi connectivity index (χ0) is 20.5. The molecule has 0 unspecified atom stereocenters. The summed E-state index contributed by atoms with van der Waals surface area (Å²) in [5, 5.41) is 12.1. The predicted octanol–water partition coefficient (Wildman–Crippen LogP) is 5.74. The summed E-state index contributed by atoms with van der Waals surface area (Å²) < 4.78 is 5.11. The topological polar surface area (TPSA) is 75.2 Å². The molecule has 2 heterocycles. The van der Waals surface area contributed by atoms with E-state index >= 15 is 0 Å². The maximum absolute atomic E-state index is 12.4. The molecule has 0 spiro atoms. The number of pyridine rings is 1. The molecule has 146 valence electrons. The van der Waals surface area contributed by atoms with Gasteiger partial charge in [-0.3, -0.25) is 0 Å². The number of hydrogen-bond acceptors (Lipinski definition) is 4. The Morgan fingerprint density at radius 1 is 1.10 bits per heavy atom. The van der Waals surface area contributed by atoms with Crippen molar-refractivity contribution >= 4 is 28.5 Å². The molecule has 0 amide bonds. The summed E-state index contributed by atoms with van der Waals surface area (Å²) in [5.74, 6) is -0.843. The number of carbonyl (C=O) groups excluding carboxylic acids is 1. The van der Waals surface area contributed by atoms with Crippen LogP contribution in [-0.4, -0.2) is 27.7 Å². The number of H-pyrrole nitrogens is 1. The molecule has 2 aromatic heterocycles. The van der Waals surface area contributed by atoms with Crippen LogP contribution in [-0.2, 0) is 4.74 Å². The summed E-state index contributed by atoms with van der Waals surface area (Å²) in [5.41, 5.74) is 4.51. The van der Waals surface area contributed by atoms with Gasteiger partial charge in [0.2, 0.25) is 0 Å². The van der Waals surface area contributed by atoms with Gasteiger partial charge in [0.25, 0.3) is 0 Å². The van der Waals surface area contributed by atoms with Gasteiger partial charge in [0, 0.05) is 21.7 Å². The first-order chi connectivity index (χ1) is 14.0. The molecule has 4 rings (SSSR count). The molecule has 0 aliphatic rings. The van der Waals surface area contributed by atoms with Crippen molar-refractivity contribution < 1.29 is 14.6 Å². The van der Waals surface area contributed by atoms with E-state index in [1.165, 1.54) is 0 Å². The number of fused-ring (bicyclic) bond motifs is 1. The highest BCUT2D eigenvalue weighted by Crippen LogP contribution is 2.40. The number of aromatic hydroxyl groups is 1. The zero-order valence-corrected chi connectivity index (χ0v) is 16.7. The van der Waals surface area contributed by atoms with Crippen LogP contribution in [0.15, 0.2) is 54.6 Å². The molecule has 2 N–H and O–H groups in total. The second-order valence-electron chi connectivity index (χ2n) is 6.63. The average molecular weight is 407 g/mol. The number of ether oxygens (including phenoxy) is 1. The molecule has 2 aromatic carbocycles. The number of halogens is 1. The van der Waals surface area contributed by atoms with Crippen LogP contribution in [0.5, 0.6) is 5.75 Å². The number of hydrogen-bond donors (Lipinski definition) is 2. The van der Waals surface area contributed by atoms with E-state index in [4.69, 9.17) is 16.3 Å². The number of benzene rings is 2. The van der Waals surface area contributed by atoms with Crippen LogP contribution in [0, 0.1) is 6.92 Å². The molecule has 29 heavy (non-hydrogen) atoms. The molecule has 0 bridgehead atoms. The Morgan fingerprint density at radius 3 is 2.45 bits per heavy atom. The monoisotopic (exact) mass is 406 g/mol. The van der Waals surface area contributed by atoms with Crippen molar-refractivity contribution in [2.24, 2.45) is 0 Å². The third kappa shape index (κ3) is 3.34. The first-order valence-electron chi connectivity index (χ1n) is 9.25. The lowest BCUT2D eigenvalue weighted by atomic mass is 10.0. The van der Waals surface area contributed by atoms with Crippen LogP contribution in [0.25, 0.3) is 33.4 Å². The third-order valence-electron chi connectivity index (χ3n) is 4.82. The van der Waals surface area contributed by atoms with Crippen LogP contribution in [0.1, 0.15) is 23.0 Å². The summed E-state index contributed by atoms with van der Waals surface area (Å²) in [6.07, 6.45) is 0. The largest absolute Gasteiger partial charge is 0.505 e. The van der Waals surface area contributed by atoms with Crippen LogP contribution in [0.3, 0.4) is 0 Å². The fourth-order valence-electron chi connectivity index (χ4n) is 3.46. The van der Waals surface area contributed by atoms with Gasteiger partial charge in [-0.1, -0.05) is 54.1 Å². The Balaban J connectivity index is 2.04. The summed E-state index contributed by atoms with van der Waals surface area (Å²) >= 11 is 6.02. The fraction of sp³-hybridized carbons (Fsp3) is 0.130. The number of rotatable bonds is 4. The maximum Gasteiger partial charge on any atom is 0.360 e. The van der Waals surface area contributed by atoms with Crippen LogP contribution in [0.2, 0.25) is 5.02 Å². The lowest BCUT2D eigenvalue weighted by molar-refractivity contribution is 0.0516. The summed E-state index contributed by atoms with van der Waals surface area (Å²) in [6, 6.07) is 16.9. The Kier molecular flexibility index (Phi) is 4.99. The van der Waals surface area contributed by atoms with Crippen LogP contribution in [0.4, 0.5) is 0 Å². The van der Waals surface area contributed by atoms with Gasteiger partial charge < -0.3 is 14.8 Å². The number of aryl methyl sites for hydroxylation is 1. The van der Waals surface area contributed by atoms with Crippen molar-refractivity contribution in [1.82, 2.24) is 9.97 Å². The van der Waals surface area contributed by atoms with E-state index < -0.39 is 5.97 Å². The predicted molar refractivity (Wildman–Crippen MR) is 114 cm³/mol. The Labute approximate surface area is 172 Å².